The lowest BCUT2D eigenvalue weighted by atomic mass is 9.80. The van der Waals surface area contributed by atoms with Crippen molar-refractivity contribution in [3.63, 3.8) is 0 Å². The Hall–Kier alpha value is -4.35. The van der Waals surface area contributed by atoms with Crippen molar-refractivity contribution in [1.29, 1.82) is 0 Å². The maximum atomic E-state index is 13.7. The van der Waals surface area contributed by atoms with Crippen LogP contribution in [0.2, 0.25) is 0 Å². The molecule has 41 heavy (non-hydrogen) atoms. The van der Waals surface area contributed by atoms with Crippen molar-refractivity contribution in [3.05, 3.63) is 150 Å². The Labute approximate surface area is 243 Å². The normalized spacial score (nSPS) is 16.9. The van der Waals surface area contributed by atoms with E-state index in [0.29, 0.717) is 0 Å². The maximum absolute atomic E-state index is 13.7. The zero-order chi connectivity index (χ0) is 28.9. The SMILES string of the molecule is COc1ccc([C@@H]2C=C[C@@H](COC(c3ccccc3)(c3ccccc3)c3ccccc3)N2C(=O)OC(C)(C)C)cc1. The molecule has 1 aliphatic heterocycles. The molecule has 1 amide bonds. The van der Waals surface area contributed by atoms with Gasteiger partial charge in [0, 0.05) is 0 Å². The highest BCUT2D eigenvalue weighted by atomic mass is 16.6. The number of rotatable bonds is 8. The molecule has 4 aromatic carbocycles. The molecule has 0 aromatic heterocycles. The number of benzene rings is 4. The van der Waals surface area contributed by atoms with Crippen LogP contribution in [0.3, 0.4) is 0 Å². The Bertz CT molecular complexity index is 1350. The van der Waals surface area contributed by atoms with E-state index >= 15 is 0 Å². The first kappa shape index (κ1) is 28.2. The average Bonchev–Trinajstić information content (AvgIpc) is 3.43. The summed E-state index contributed by atoms with van der Waals surface area (Å²) in [5.41, 5.74) is 2.46. The summed E-state index contributed by atoms with van der Waals surface area (Å²) in [6.45, 7) is 5.90. The van der Waals surface area contributed by atoms with Crippen LogP contribution in [0.4, 0.5) is 4.79 Å². The summed E-state index contributed by atoms with van der Waals surface area (Å²) in [7, 11) is 1.64. The van der Waals surface area contributed by atoms with Gasteiger partial charge in [-0.3, -0.25) is 4.90 Å². The number of ether oxygens (including phenoxy) is 3. The fourth-order valence-electron chi connectivity index (χ4n) is 5.38. The van der Waals surface area contributed by atoms with Crippen LogP contribution in [0.25, 0.3) is 0 Å². The molecule has 5 heteroatoms. The summed E-state index contributed by atoms with van der Waals surface area (Å²) in [6, 6.07) is 37.9. The molecular formula is C36H37NO4. The topological polar surface area (TPSA) is 48.0 Å². The van der Waals surface area contributed by atoms with Crippen molar-refractivity contribution in [2.24, 2.45) is 0 Å². The molecule has 5 nitrogen and oxygen atoms in total. The second kappa shape index (κ2) is 12.0. The Morgan fingerprint density at radius 2 is 1.20 bits per heavy atom. The summed E-state index contributed by atoms with van der Waals surface area (Å²) in [5, 5.41) is 0. The van der Waals surface area contributed by atoms with Crippen LogP contribution >= 0.6 is 0 Å². The van der Waals surface area contributed by atoms with Crippen molar-refractivity contribution in [2.75, 3.05) is 13.7 Å². The molecule has 4 aromatic rings. The Morgan fingerprint density at radius 3 is 1.63 bits per heavy atom. The minimum Gasteiger partial charge on any atom is -0.497 e. The van der Waals surface area contributed by atoms with E-state index in [2.05, 4.69) is 42.5 Å². The number of carbonyl (C=O) groups is 1. The van der Waals surface area contributed by atoms with Gasteiger partial charge in [-0.2, -0.15) is 0 Å². The number of hydrogen-bond acceptors (Lipinski definition) is 4. The van der Waals surface area contributed by atoms with Gasteiger partial charge in [0.25, 0.3) is 0 Å². The highest BCUT2D eigenvalue weighted by Crippen LogP contribution is 2.42. The van der Waals surface area contributed by atoms with Gasteiger partial charge < -0.3 is 14.2 Å². The zero-order valence-electron chi connectivity index (χ0n) is 24.1. The van der Waals surface area contributed by atoms with Crippen molar-refractivity contribution >= 4 is 6.09 Å². The fraction of sp³-hybridized carbons (Fsp3) is 0.250. The van der Waals surface area contributed by atoms with Crippen molar-refractivity contribution in [2.45, 2.75) is 44.1 Å². The molecule has 210 valence electrons. The third-order valence-corrected chi connectivity index (χ3v) is 7.25. The van der Waals surface area contributed by atoms with Crippen molar-refractivity contribution < 1.29 is 19.0 Å². The Morgan fingerprint density at radius 1 is 0.707 bits per heavy atom. The molecular weight excluding hydrogens is 510 g/mol. The third-order valence-electron chi connectivity index (χ3n) is 7.25. The predicted molar refractivity (Wildman–Crippen MR) is 162 cm³/mol. The summed E-state index contributed by atoms with van der Waals surface area (Å²) < 4.78 is 18.3. The van der Waals surface area contributed by atoms with Crippen molar-refractivity contribution in [3.8, 4) is 5.75 Å². The van der Waals surface area contributed by atoms with Gasteiger partial charge in [-0.1, -0.05) is 115 Å². The molecule has 0 bridgehead atoms. The molecule has 2 atom stereocenters. The molecule has 1 aliphatic rings. The minimum atomic E-state index is -0.893. The quantitative estimate of drug-likeness (QED) is 0.166. The monoisotopic (exact) mass is 547 g/mol. The summed E-state index contributed by atoms with van der Waals surface area (Å²) >= 11 is 0. The van der Waals surface area contributed by atoms with E-state index in [-0.39, 0.29) is 24.8 Å². The van der Waals surface area contributed by atoms with E-state index in [1.807, 2.05) is 106 Å². The van der Waals surface area contributed by atoms with Gasteiger partial charge in [-0.25, -0.2) is 4.79 Å². The lowest BCUT2D eigenvalue weighted by Crippen LogP contribution is -2.45. The molecule has 0 saturated carbocycles. The van der Waals surface area contributed by atoms with Crippen molar-refractivity contribution in [1.82, 2.24) is 4.90 Å². The summed E-state index contributed by atoms with van der Waals surface area (Å²) in [4.78, 5) is 15.5. The first-order valence-electron chi connectivity index (χ1n) is 14.0. The average molecular weight is 548 g/mol. The molecule has 0 fully saturated rings. The van der Waals surface area contributed by atoms with Gasteiger partial charge in [0.2, 0.25) is 0 Å². The largest absolute Gasteiger partial charge is 0.497 e. The summed E-state index contributed by atoms with van der Waals surface area (Å²) in [6.07, 6.45) is 3.71. The zero-order valence-corrected chi connectivity index (χ0v) is 24.1. The Balaban J connectivity index is 1.54. The standard InChI is InChI=1S/C36H37NO4/c1-35(2,3)41-34(38)37-31(22-25-33(37)27-20-23-32(39-4)24-21-27)26-40-36(28-14-8-5-9-15-28,29-16-10-6-11-17-29)30-18-12-7-13-19-30/h5-25,31,33H,26H2,1-4H3/t31-,33-/m0/s1. The lowest BCUT2D eigenvalue weighted by molar-refractivity contribution is -0.0262. The van der Waals surface area contributed by atoms with Gasteiger partial charge in [-0.15, -0.1) is 0 Å². The molecule has 5 rings (SSSR count). The van der Waals surface area contributed by atoms with E-state index in [1.54, 1.807) is 12.0 Å². The highest BCUT2D eigenvalue weighted by molar-refractivity contribution is 5.71. The minimum absolute atomic E-state index is 0.251. The van der Waals surface area contributed by atoms with E-state index in [9.17, 15) is 4.79 Å². The van der Waals surface area contributed by atoms with E-state index < -0.39 is 11.2 Å². The lowest BCUT2D eigenvalue weighted by Gasteiger charge is -2.38. The van der Waals surface area contributed by atoms with Crippen LogP contribution in [0, 0.1) is 0 Å². The number of nitrogens with zero attached hydrogens (tertiary/aromatic N) is 1. The number of methoxy groups -OCH3 is 1. The molecule has 0 saturated heterocycles. The van der Waals surface area contributed by atoms with Crippen LogP contribution in [0.15, 0.2) is 127 Å². The summed E-state index contributed by atoms with van der Waals surface area (Å²) in [5.74, 6) is 0.762. The van der Waals surface area contributed by atoms with Crippen LogP contribution in [0.5, 0.6) is 5.75 Å². The Kier molecular flexibility index (Phi) is 8.27. The smallest absolute Gasteiger partial charge is 0.411 e. The van der Waals surface area contributed by atoms with Gasteiger partial charge in [0.1, 0.15) is 17.0 Å². The number of amides is 1. The van der Waals surface area contributed by atoms with Crippen LogP contribution in [-0.2, 0) is 15.1 Å². The number of hydrogen-bond donors (Lipinski definition) is 0. The first-order chi connectivity index (χ1) is 19.8. The molecule has 0 unspecified atom stereocenters. The van der Waals surface area contributed by atoms with Gasteiger partial charge >= 0.3 is 6.09 Å². The second-order valence-electron chi connectivity index (χ2n) is 11.1. The van der Waals surface area contributed by atoms with Gasteiger partial charge in [0.15, 0.2) is 0 Å². The maximum Gasteiger partial charge on any atom is 0.411 e. The first-order valence-corrected chi connectivity index (χ1v) is 14.0. The second-order valence-corrected chi connectivity index (χ2v) is 11.1. The van der Waals surface area contributed by atoms with E-state index in [1.165, 1.54) is 0 Å². The van der Waals surface area contributed by atoms with E-state index in [4.69, 9.17) is 14.2 Å². The molecule has 0 spiro atoms. The molecule has 0 radical (unpaired) electrons. The fourth-order valence-corrected chi connectivity index (χ4v) is 5.38. The van der Waals surface area contributed by atoms with Crippen LogP contribution in [-0.4, -0.2) is 36.4 Å². The molecule has 0 aliphatic carbocycles. The highest BCUT2D eigenvalue weighted by Gasteiger charge is 2.42. The molecule has 1 heterocycles. The van der Waals surface area contributed by atoms with Crippen LogP contribution < -0.4 is 4.74 Å². The molecule has 0 N–H and O–H groups in total. The van der Waals surface area contributed by atoms with Crippen LogP contribution in [0.1, 0.15) is 49.1 Å². The number of carbonyl (C=O) groups excluding carboxylic acids is 1. The third kappa shape index (κ3) is 6.06. The van der Waals surface area contributed by atoms with E-state index in [0.717, 1.165) is 28.0 Å². The predicted octanol–water partition coefficient (Wildman–Crippen LogP) is 7.92. The van der Waals surface area contributed by atoms with Gasteiger partial charge in [-0.05, 0) is 55.2 Å². The van der Waals surface area contributed by atoms with Gasteiger partial charge in [0.05, 0.1) is 25.8 Å².